The summed E-state index contributed by atoms with van der Waals surface area (Å²) in [6.07, 6.45) is 8.79. The lowest BCUT2D eigenvalue weighted by Crippen LogP contribution is -2.46. The van der Waals surface area contributed by atoms with E-state index < -0.39 is 0 Å². The molecule has 1 saturated carbocycles. The van der Waals surface area contributed by atoms with E-state index in [1.54, 1.807) is 6.92 Å². The Balaban J connectivity index is 1.51. The van der Waals surface area contributed by atoms with E-state index in [9.17, 15) is 4.79 Å². The maximum atomic E-state index is 12.8. The fraction of sp³-hybridized carbons (Fsp3) is 0.833. The minimum Gasteiger partial charge on any atom is -0.340 e. The van der Waals surface area contributed by atoms with Crippen LogP contribution in [0, 0.1) is 12.8 Å². The Labute approximate surface area is 144 Å². The highest BCUT2D eigenvalue weighted by Crippen LogP contribution is 2.28. The molecule has 2 aliphatic rings. The Bertz CT molecular complexity index is 531. The summed E-state index contributed by atoms with van der Waals surface area (Å²) >= 11 is 0. The first-order valence-corrected chi connectivity index (χ1v) is 9.49. The molecule has 1 aromatic heterocycles. The molecule has 0 N–H and O–H groups in total. The first-order chi connectivity index (χ1) is 11.7. The van der Waals surface area contributed by atoms with Crippen molar-refractivity contribution in [1.82, 2.24) is 19.9 Å². The van der Waals surface area contributed by atoms with Crippen LogP contribution < -0.4 is 0 Å². The van der Waals surface area contributed by atoms with Gasteiger partial charge in [0.2, 0.25) is 11.8 Å². The van der Waals surface area contributed by atoms with E-state index in [-0.39, 0.29) is 11.8 Å². The number of aryl methyl sites for hydroxylation is 1. The van der Waals surface area contributed by atoms with Crippen LogP contribution in [0.1, 0.15) is 63.6 Å². The number of amides is 1. The number of piperidine rings is 1. The van der Waals surface area contributed by atoms with E-state index in [0.717, 1.165) is 32.0 Å². The Morgan fingerprint density at radius 2 is 1.92 bits per heavy atom. The van der Waals surface area contributed by atoms with E-state index in [0.29, 0.717) is 24.8 Å². The van der Waals surface area contributed by atoms with E-state index in [1.165, 1.54) is 32.1 Å². The molecule has 1 saturated heterocycles. The standard InChI is InChI=1S/C18H30N4O2/c1-3-21(13-17-19-14(2)24-20-17)18(23)15-9-11-22(12-10-15)16-7-5-4-6-8-16/h15-16H,3-13H2,1-2H3. The number of hydrogen-bond donors (Lipinski definition) is 0. The van der Waals surface area contributed by atoms with Crippen LogP contribution in [0.3, 0.4) is 0 Å². The topological polar surface area (TPSA) is 62.5 Å². The molecule has 0 spiro atoms. The summed E-state index contributed by atoms with van der Waals surface area (Å²) < 4.78 is 5.01. The van der Waals surface area contributed by atoms with Gasteiger partial charge in [-0.2, -0.15) is 4.98 Å². The third-order valence-corrected chi connectivity index (χ3v) is 5.57. The van der Waals surface area contributed by atoms with Crippen molar-refractivity contribution in [2.24, 2.45) is 5.92 Å². The van der Waals surface area contributed by atoms with Gasteiger partial charge in [-0.25, -0.2) is 0 Å². The summed E-state index contributed by atoms with van der Waals surface area (Å²) in [4.78, 5) is 21.6. The average molecular weight is 334 g/mol. The first kappa shape index (κ1) is 17.4. The number of likely N-dealkylation sites (tertiary alicyclic amines) is 1. The molecule has 0 bridgehead atoms. The van der Waals surface area contributed by atoms with Crippen molar-refractivity contribution in [1.29, 1.82) is 0 Å². The van der Waals surface area contributed by atoms with Gasteiger partial charge < -0.3 is 14.3 Å². The molecule has 0 radical (unpaired) electrons. The Hall–Kier alpha value is -1.43. The molecule has 1 aliphatic carbocycles. The summed E-state index contributed by atoms with van der Waals surface area (Å²) in [6.45, 7) is 7.07. The molecule has 6 heteroatoms. The summed E-state index contributed by atoms with van der Waals surface area (Å²) in [5.74, 6) is 1.55. The third kappa shape index (κ3) is 4.15. The number of rotatable bonds is 5. The molecule has 24 heavy (non-hydrogen) atoms. The number of nitrogens with zero attached hydrogens (tertiary/aromatic N) is 4. The fourth-order valence-electron chi connectivity index (χ4n) is 4.14. The predicted molar refractivity (Wildman–Crippen MR) is 91.3 cm³/mol. The van der Waals surface area contributed by atoms with Crippen molar-refractivity contribution < 1.29 is 9.32 Å². The highest BCUT2D eigenvalue weighted by atomic mass is 16.5. The number of carbonyl (C=O) groups is 1. The molecule has 3 rings (SSSR count). The van der Waals surface area contributed by atoms with Gasteiger partial charge in [0.1, 0.15) is 0 Å². The molecule has 1 aliphatic heterocycles. The number of aromatic nitrogens is 2. The van der Waals surface area contributed by atoms with Crippen molar-refractivity contribution >= 4 is 5.91 Å². The minimum atomic E-state index is 0.151. The zero-order valence-corrected chi connectivity index (χ0v) is 15.0. The van der Waals surface area contributed by atoms with E-state index >= 15 is 0 Å². The van der Waals surface area contributed by atoms with Gasteiger partial charge in [0.05, 0.1) is 6.54 Å². The van der Waals surface area contributed by atoms with Crippen LogP contribution in [0.4, 0.5) is 0 Å². The van der Waals surface area contributed by atoms with Gasteiger partial charge in [-0.3, -0.25) is 4.79 Å². The van der Waals surface area contributed by atoms with Gasteiger partial charge in [-0.1, -0.05) is 24.4 Å². The monoisotopic (exact) mass is 334 g/mol. The molecule has 0 atom stereocenters. The zero-order chi connectivity index (χ0) is 16.9. The van der Waals surface area contributed by atoms with E-state index in [4.69, 9.17) is 4.52 Å². The number of hydrogen-bond acceptors (Lipinski definition) is 5. The van der Waals surface area contributed by atoms with Crippen molar-refractivity contribution in [2.75, 3.05) is 19.6 Å². The predicted octanol–water partition coefficient (Wildman–Crippen LogP) is 2.77. The van der Waals surface area contributed by atoms with Gasteiger partial charge in [-0.15, -0.1) is 0 Å². The second-order valence-corrected chi connectivity index (χ2v) is 7.18. The van der Waals surface area contributed by atoms with E-state index in [1.807, 2.05) is 11.8 Å². The highest BCUT2D eigenvalue weighted by molar-refractivity contribution is 5.78. The molecule has 0 aromatic carbocycles. The second-order valence-electron chi connectivity index (χ2n) is 7.18. The zero-order valence-electron chi connectivity index (χ0n) is 15.0. The number of carbonyl (C=O) groups excluding carboxylic acids is 1. The molecule has 6 nitrogen and oxygen atoms in total. The van der Waals surface area contributed by atoms with Crippen molar-refractivity contribution in [3.63, 3.8) is 0 Å². The van der Waals surface area contributed by atoms with Crippen LogP contribution in [0.2, 0.25) is 0 Å². The largest absolute Gasteiger partial charge is 0.340 e. The molecule has 0 unspecified atom stereocenters. The summed E-state index contributed by atoms with van der Waals surface area (Å²) in [5, 5.41) is 3.92. The maximum Gasteiger partial charge on any atom is 0.226 e. The van der Waals surface area contributed by atoms with Crippen molar-refractivity contribution in [2.45, 2.75) is 71.4 Å². The molecule has 134 valence electrons. The first-order valence-electron chi connectivity index (χ1n) is 9.49. The van der Waals surface area contributed by atoms with Crippen LogP contribution in [0.25, 0.3) is 0 Å². The fourth-order valence-corrected chi connectivity index (χ4v) is 4.14. The van der Waals surface area contributed by atoms with Crippen LogP contribution in [-0.2, 0) is 11.3 Å². The van der Waals surface area contributed by atoms with Gasteiger partial charge in [-0.05, 0) is 45.7 Å². The molecule has 2 heterocycles. The van der Waals surface area contributed by atoms with Crippen molar-refractivity contribution in [3.05, 3.63) is 11.7 Å². The molecule has 1 amide bonds. The lowest BCUT2D eigenvalue weighted by atomic mass is 9.89. The maximum absolute atomic E-state index is 12.8. The lowest BCUT2D eigenvalue weighted by Gasteiger charge is -2.39. The average Bonchev–Trinajstić information content (AvgIpc) is 3.05. The molecular weight excluding hydrogens is 304 g/mol. The highest BCUT2D eigenvalue weighted by Gasteiger charge is 2.31. The molecule has 2 fully saturated rings. The second kappa shape index (κ2) is 8.10. The summed E-state index contributed by atoms with van der Waals surface area (Å²) in [6, 6.07) is 0.763. The van der Waals surface area contributed by atoms with Crippen LogP contribution in [0.5, 0.6) is 0 Å². The van der Waals surface area contributed by atoms with E-state index in [2.05, 4.69) is 15.0 Å². The van der Waals surface area contributed by atoms with Gasteiger partial charge in [0.25, 0.3) is 0 Å². The normalized spacial score (nSPS) is 21.1. The van der Waals surface area contributed by atoms with Gasteiger partial charge in [0.15, 0.2) is 5.82 Å². The lowest BCUT2D eigenvalue weighted by molar-refractivity contribution is -0.137. The smallest absolute Gasteiger partial charge is 0.226 e. The third-order valence-electron chi connectivity index (χ3n) is 5.57. The van der Waals surface area contributed by atoms with Gasteiger partial charge in [0, 0.05) is 25.4 Å². The Morgan fingerprint density at radius 3 is 2.50 bits per heavy atom. The summed E-state index contributed by atoms with van der Waals surface area (Å²) in [7, 11) is 0. The van der Waals surface area contributed by atoms with Gasteiger partial charge >= 0.3 is 0 Å². The SMILES string of the molecule is CCN(Cc1noc(C)n1)C(=O)C1CCN(C2CCCCC2)CC1. The van der Waals surface area contributed by atoms with Crippen LogP contribution in [-0.4, -0.2) is 51.5 Å². The van der Waals surface area contributed by atoms with Crippen LogP contribution in [0.15, 0.2) is 4.52 Å². The summed E-state index contributed by atoms with van der Waals surface area (Å²) in [5.41, 5.74) is 0. The minimum absolute atomic E-state index is 0.151. The van der Waals surface area contributed by atoms with Crippen molar-refractivity contribution in [3.8, 4) is 0 Å². The molecule has 1 aromatic rings. The Kier molecular flexibility index (Phi) is 5.87. The molecular formula is C18H30N4O2. The quantitative estimate of drug-likeness (QED) is 0.828. The van der Waals surface area contributed by atoms with Crippen LogP contribution >= 0.6 is 0 Å². The Morgan fingerprint density at radius 1 is 1.21 bits per heavy atom.